The van der Waals surface area contributed by atoms with Crippen LogP contribution in [0.3, 0.4) is 0 Å². The first-order chi connectivity index (χ1) is 9.70. The molecule has 0 atom stereocenters. The Morgan fingerprint density at radius 1 is 1.05 bits per heavy atom. The lowest BCUT2D eigenvalue weighted by molar-refractivity contribution is 0.563. The molecule has 0 aliphatic heterocycles. The number of rotatable bonds is 2. The molecule has 0 amide bonds. The van der Waals surface area contributed by atoms with Gasteiger partial charge in [-0.2, -0.15) is 0 Å². The van der Waals surface area contributed by atoms with E-state index < -0.39 is 0 Å². The summed E-state index contributed by atoms with van der Waals surface area (Å²) < 4.78 is 0.926. The van der Waals surface area contributed by atoms with Crippen LogP contribution in [0.1, 0.15) is 26.5 Å². The molecule has 0 N–H and O–H groups in total. The number of hydrogen-bond donors (Lipinski definition) is 0. The molecule has 3 nitrogen and oxygen atoms in total. The summed E-state index contributed by atoms with van der Waals surface area (Å²) in [6.45, 7) is 6.40. The molecule has 5 heteroatoms. The van der Waals surface area contributed by atoms with Gasteiger partial charge in [-0.1, -0.05) is 32.4 Å². The van der Waals surface area contributed by atoms with Crippen molar-refractivity contribution in [2.75, 3.05) is 19.0 Å². The van der Waals surface area contributed by atoms with Crippen molar-refractivity contribution in [2.45, 2.75) is 26.2 Å². The number of nitrogens with zero attached hydrogens (tertiary/aromatic N) is 3. The van der Waals surface area contributed by atoms with Crippen LogP contribution in [0.15, 0.2) is 24.3 Å². The van der Waals surface area contributed by atoms with Gasteiger partial charge in [-0.3, -0.25) is 0 Å². The molecule has 0 bridgehead atoms. The Morgan fingerprint density at radius 2 is 1.62 bits per heavy atom. The summed E-state index contributed by atoms with van der Waals surface area (Å²) in [6.07, 6.45) is 0. The molecule has 1 aromatic heterocycles. The summed E-state index contributed by atoms with van der Waals surface area (Å²) in [5.74, 6) is 0.677. The van der Waals surface area contributed by atoms with E-state index in [0.717, 1.165) is 20.5 Å². The summed E-state index contributed by atoms with van der Waals surface area (Å²) in [5.41, 5.74) is 3.03. The number of aromatic nitrogens is 2. The molecule has 0 radical (unpaired) electrons. The topological polar surface area (TPSA) is 29.0 Å². The molecule has 0 saturated heterocycles. The van der Waals surface area contributed by atoms with Crippen LogP contribution in [0.2, 0.25) is 5.15 Å². The van der Waals surface area contributed by atoms with E-state index in [-0.39, 0.29) is 5.41 Å². The van der Waals surface area contributed by atoms with Gasteiger partial charge in [0, 0.05) is 30.8 Å². The van der Waals surface area contributed by atoms with Crippen molar-refractivity contribution < 1.29 is 0 Å². The average Bonchev–Trinajstić information content (AvgIpc) is 2.40. The van der Waals surface area contributed by atoms with Gasteiger partial charge in [-0.05, 0) is 46.9 Å². The molecule has 0 spiro atoms. The lowest BCUT2D eigenvalue weighted by atomic mass is 9.92. The van der Waals surface area contributed by atoms with E-state index in [4.69, 9.17) is 16.6 Å². The summed E-state index contributed by atoms with van der Waals surface area (Å²) in [6, 6.07) is 8.17. The molecule has 0 aliphatic rings. The molecule has 0 fully saturated rings. The summed E-state index contributed by atoms with van der Waals surface area (Å²) in [7, 11) is 4.04. The molecular formula is C16H19ClIN3. The highest BCUT2D eigenvalue weighted by Gasteiger charge is 2.22. The largest absolute Gasteiger partial charge is 0.378 e. The van der Waals surface area contributed by atoms with Crippen LogP contribution in [-0.2, 0) is 5.41 Å². The third-order valence-corrected chi connectivity index (χ3v) is 4.78. The SMILES string of the molecule is CN(C)c1ccc(-c2nc(Cl)c(I)c(C(C)(C)C)n2)cc1. The lowest BCUT2D eigenvalue weighted by Crippen LogP contribution is -2.17. The predicted molar refractivity (Wildman–Crippen MR) is 98.2 cm³/mol. The van der Waals surface area contributed by atoms with Crippen LogP contribution in [0.4, 0.5) is 5.69 Å². The maximum Gasteiger partial charge on any atom is 0.161 e. The molecule has 1 aromatic carbocycles. The molecule has 1 heterocycles. The van der Waals surface area contributed by atoms with Crippen molar-refractivity contribution in [2.24, 2.45) is 0 Å². The highest BCUT2D eigenvalue weighted by molar-refractivity contribution is 14.1. The van der Waals surface area contributed by atoms with Gasteiger partial charge in [-0.25, -0.2) is 9.97 Å². The number of benzene rings is 1. The van der Waals surface area contributed by atoms with Gasteiger partial charge in [0.05, 0.1) is 9.26 Å². The minimum atomic E-state index is -0.0680. The maximum absolute atomic E-state index is 6.29. The Balaban J connectivity index is 2.52. The van der Waals surface area contributed by atoms with Gasteiger partial charge in [-0.15, -0.1) is 0 Å². The first kappa shape index (κ1) is 16.5. The van der Waals surface area contributed by atoms with E-state index in [1.165, 1.54) is 0 Å². The average molecular weight is 416 g/mol. The molecule has 21 heavy (non-hydrogen) atoms. The van der Waals surface area contributed by atoms with E-state index in [0.29, 0.717) is 11.0 Å². The quantitative estimate of drug-likeness (QED) is 0.523. The molecule has 0 aliphatic carbocycles. The smallest absolute Gasteiger partial charge is 0.161 e. The number of hydrogen-bond acceptors (Lipinski definition) is 3. The second-order valence-corrected chi connectivity index (χ2v) is 7.63. The Morgan fingerprint density at radius 3 is 2.10 bits per heavy atom. The van der Waals surface area contributed by atoms with Crippen LogP contribution in [0, 0.1) is 3.57 Å². The Labute approximate surface area is 144 Å². The first-order valence-electron chi connectivity index (χ1n) is 6.71. The van der Waals surface area contributed by atoms with Crippen LogP contribution in [-0.4, -0.2) is 24.1 Å². The van der Waals surface area contributed by atoms with Crippen molar-refractivity contribution in [3.63, 3.8) is 0 Å². The standard InChI is InChI=1S/C16H19ClIN3/c1-16(2,3)13-12(18)14(17)20-15(19-13)10-6-8-11(9-7-10)21(4)5/h6-9H,1-5H3. The van der Waals surface area contributed by atoms with Crippen LogP contribution < -0.4 is 4.90 Å². The van der Waals surface area contributed by atoms with Gasteiger partial charge >= 0.3 is 0 Å². The van der Waals surface area contributed by atoms with Gasteiger partial charge in [0.1, 0.15) is 5.15 Å². The fourth-order valence-electron chi connectivity index (χ4n) is 1.95. The van der Waals surface area contributed by atoms with Crippen molar-refractivity contribution in [1.82, 2.24) is 9.97 Å². The molecule has 2 rings (SSSR count). The summed E-state index contributed by atoms with van der Waals surface area (Å²) in [5, 5.41) is 0.516. The Hall–Kier alpha value is -0.880. The summed E-state index contributed by atoms with van der Waals surface area (Å²) in [4.78, 5) is 11.2. The number of anilines is 1. The molecular weight excluding hydrogens is 397 g/mol. The minimum absolute atomic E-state index is 0.0680. The van der Waals surface area contributed by atoms with E-state index in [1.54, 1.807) is 0 Å². The number of halogens is 2. The van der Waals surface area contributed by atoms with Crippen LogP contribution >= 0.6 is 34.2 Å². The van der Waals surface area contributed by atoms with E-state index in [2.05, 4.69) is 65.4 Å². The zero-order valence-corrected chi connectivity index (χ0v) is 15.8. The third-order valence-electron chi connectivity index (χ3n) is 3.16. The Kier molecular flexibility index (Phi) is 4.78. The van der Waals surface area contributed by atoms with Crippen molar-refractivity contribution >= 4 is 39.9 Å². The molecule has 112 valence electrons. The fourth-order valence-corrected chi connectivity index (χ4v) is 3.17. The first-order valence-corrected chi connectivity index (χ1v) is 8.17. The zero-order valence-electron chi connectivity index (χ0n) is 12.9. The van der Waals surface area contributed by atoms with Gasteiger partial charge < -0.3 is 4.90 Å². The molecule has 0 saturated carbocycles. The van der Waals surface area contributed by atoms with Gasteiger partial charge in [0.25, 0.3) is 0 Å². The zero-order chi connectivity index (χ0) is 15.8. The second kappa shape index (κ2) is 6.08. The van der Waals surface area contributed by atoms with E-state index in [9.17, 15) is 0 Å². The van der Waals surface area contributed by atoms with E-state index >= 15 is 0 Å². The second-order valence-electron chi connectivity index (χ2n) is 6.19. The van der Waals surface area contributed by atoms with Crippen molar-refractivity contribution in [3.05, 3.63) is 38.7 Å². The lowest BCUT2D eigenvalue weighted by Gasteiger charge is -2.20. The minimum Gasteiger partial charge on any atom is -0.378 e. The van der Waals surface area contributed by atoms with Crippen molar-refractivity contribution in [1.29, 1.82) is 0 Å². The molecule has 2 aromatic rings. The monoisotopic (exact) mass is 415 g/mol. The van der Waals surface area contributed by atoms with Crippen LogP contribution in [0.25, 0.3) is 11.4 Å². The Bertz CT molecular complexity index is 646. The normalized spacial score (nSPS) is 11.6. The van der Waals surface area contributed by atoms with Gasteiger partial charge in [0.15, 0.2) is 5.82 Å². The van der Waals surface area contributed by atoms with Crippen molar-refractivity contribution in [3.8, 4) is 11.4 Å². The van der Waals surface area contributed by atoms with E-state index in [1.807, 2.05) is 26.2 Å². The predicted octanol–water partition coefficient (Wildman–Crippen LogP) is 4.77. The molecule has 0 unspecified atom stereocenters. The third kappa shape index (κ3) is 3.66. The highest BCUT2D eigenvalue weighted by Crippen LogP contribution is 2.31. The van der Waals surface area contributed by atoms with Crippen LogP contribution in [0.5, 0.6) is 0 Å². The maximum atomic E-state index is 6.29. The fraction of sp³-hybridized carbons (Fsp3) is 0.375. The summed E-state index contributed by atoms with van der Waals surface area (Å²) >= 11 is 8.51. The van der Waals surface area contributed by atoms with Gasteiger partial charge in [0.2, 0.25) is 0 Å². The highest BCUT2D eigenvalue weighted by atomic mass is 127.